The van der Waals surface area contributed by atoms with Gasteiger partial charge < -0.3 is 15.7 Å². The second-order valence-corrected chi connectivity index (χ2v) is 4.33. The van der Waals surface area contributed by atoms with Gasteiger partial charge in [-0.05, 0) is 12.1 Å². The maximum atomic E-state index is 11.7. The number of carboxylic acid groups (broad SMARTS) is 1. The molecule has 1 aromatic carbocycles. The number of aromatic nitrogens is 2. The highest BCUT2D eigenvalue weighted by molar-refractivity contribution is 7.00. The van der Waals surface area contributed by atoms with Crippen molar-refractivity contribution in [1.29, 1.82) is 0 Å². The molecule has 0 aliphatic rings. The number of anilines is 1. The second-order valence-electron chi connectivity index (χ2n) is 3.81. The molecule has 19 heavy (non-hydrogen) atoms. The van der Waals surface area contributed by atoms with E-state index in [9.17, 15) is 9.59 Å². The van der Waals surface area contributed by atoms with Gasteiger partial charge in [0.2, 0.25) is 5.91 Å². The lowest BCUT2D eigenvalue weighted by atomic mass is 10.2. The first-order chi connectivity index (χ1) is 9.16. The Morgan fingerprint density at radius 1 is 1.32 bits per heavy atom. The summed E-state index contributed by atoms with van der Waals surface area (Å²) in [6.07, 6.45) is -0.0150. The highest BCUT2D eigenvalue weighted by Gasteiger charge is 2.08. The van der Waals surface area contributed by atoms with Crippen molar-refractivity contribution < 1.29 is 14.7 Å². The van der Waals surface area contributed by atoms with Crippen molar-refractivity contribution in [1.82, 2.24) is 14.1 Å². The maximum Gasteiger partial charge on any atom is 0.304 e. The monoisotopic (exact) mass is 280 g/mol. The number of amides is 1. The van der Waals surface area contributed by atoms with E-state index in [1.165, 1.54) is 0 Å². The van der Waals surface area contributed by atoms with Crippen LogP contribution < -0.4 is 10.6 Å². The molecule has 7 nitrogen and oxygen atoms in total. The van der Waals surface area contributed by atoms with E-state index in [-0.39, 0.29) is 25.4 Å². The molecule has 0 spiro atoms. The first kappa shape index (κ1) is 13.4. The van der Waals surface area contributed by atoms with Crippen molar-refractivity contribution in [3.8, 4) is 0 Å². The number of nitrogens with zero attached hydrogens (tertiary/aromatic N) is 2. The van der Waals surface area contributed by atoms with E-state index >= 15 is 0 Å². The van der Waals surface area contributed by atoms with Crippen LogP contribution in [0.15, 0.2) is 18.2 Å². The van der Waals surface area contributed by atoms with Crippen LogP contribution in [-0.2, 0) is 9.59 Å². The number of hydrogen-bond donors (Lipinski definition) is 3. The number of nitrogens with one attached hydrogen (secondary N) is 2. The van der Waals surface area contributed by atoms with Gasteiger partial charge in [0.05, 0.1) is 30.4 Å². The highest BCUT2D eigenvalue weighted by atomic mass is 32.1. The molecular formula is C11H12N4O3S. The summed E-state index contributed by atoms with van der Waals surface area (Å²) in [5.41, 5.74) is 2.00. The molecule has 2 rings (SSSR count). The molecular weight excluding hydrogens is 268 g/mol. The molecule has 0 saturated carbocycles. The standard InChI is InChI=1S/C11H12N4O3S/c16-9(6-12-5-4-10(17)18)13-7-2-1-3-8-11(7)15-19-14-8/h1-3,12H,4-6H2,(H,13,16)(H,17,18). The average Bonchev–Trinajstić information content (AvgIpc) is 2.84. The van der Waals surface area contributed by atoms with Gasteiger partial charge >= 0.3 is 5.97 Å². The van der Waals surface area contributed by atoms with Crippen LogP contribution in [0.5, 0.6) is 0 Å². The molecule has 3 N–H and O–H groups in total. The molecule has 2 aromatic rings. The lowest BCUT2D eigenvalue weighted by Gasteiger charge is -2.06. The van der Waals surface area contributed by atoms with E-state index < -0.39 is 5.97 Å². The van der Waals surface area contributed by atoms with Gasteiger partial charge in [-0.25, -0.2) is 0 Å². The summed E-state index contributed by atoms with van der Waals surface area (Å²) in [4.78, 5) is 22.0. The Labute approximate surface area is 113 Å². The number of benzene rings is 1. The topological polar surface area (TPSA) is 104 Å². The van der Waals surface area contributed by atoms with Crippen LogP contribution in [0, 0.1) is 0 Å². The van der Waals surface area contributed by atoms with Crippen molar-refractivity contribution in [2.75, 3.05) is 18.4 Å². The molecule has 100 valence electrons. The summed E-state index contributed by atoms with van der Waals surface area (Å²) < 4.78 is 8.19. The van der Waals surface area contributed by atoms with Gasteiger partial charge in [0, 0.05) is 6.54 Å². The fraction of sp³-hybridized carbons (Fsp3) is 0.273. The lowest BCUT2D eigenvalue weighted by molar-refractivity contribution is -0.137. The van der Waals surface area contributed by atoms with Crippen LogP contribution in [0.1, 0.15) is 6.42 Å². The maximum absolute atomic E-state index is 11.7. The number of carboxylic acids is 1. The largest absolute Gasteiger partial charge is 0.481 e. The number of carbonyl (C=O) groups is 2. The minimum atomic E-state index is -0.897. The third kappa shape index (κ3) is 3.70. The third-order valence-electron chi connectivity index (χ3n) is 2.36. The molecule has 1 heterocycles. The summed E-state index contributed by atoms with van der Waals surface area (Å²) in [6, 6.07) is 5.36. The summed E-state index contributed by atoms with van der Waals surface area (Å²) in [6.45, 7) is 0.312. The SMILES string of the molecule is O=C(O)CCNCC(=O)Nc1cccc2nsnc12. The van der Waals surface area contributed by atoms with Crippen molar-refractivity contribution in [2.45, 2.75) is 6.42 Å². The van der Waals surface area contributed by atoms with E-state index in [4.69, 9.17) is 5.11 Å². The van der Waals surface area contributed by atoms with Crippen LogP contribution in [0.25, 0.3) is 11.0 Å². The van der Waals surface area contributed by atoms with Crippen LogP contribution in [0.2, 0.25) is 0 Å². The van der Waals surface area contributed by atoms with Crippen molar-refractivity contribution in [3.05, 3.63) is 18.2 Å². The molecule has 8 heteroatoms. The van der Waals surface area contributed by atoms with E-state index in [0.29, 0.717) is 11.2 Å². The zero-order valence-electron chi connectivity index (χ0n) is 9.92. The molecule has 0 aliphatic carbocycles. The molecule has 1 amide bonds. The third-order valence-corrected chi connectivity index (χ3v) is 2.90. The number of carbonyl (C=O) groups excluding carboxylic acids is 1. The normalized spacial score (nSPS) is 10.5. The summed E-state index contributed by atoms with van der Waals surface area (Å²) in [5.74, 6) is -1.14. The van der Waals surface area contributed by atoms with Gasteiger partial charge in [0.15, 0.2) is 0 Å². The van der Waals surface area contributed by atoms with Gasteiger partial charge in [-0.3, -0.25) is 9.59 Å². The van der Waals surface area contributed by atoms with Gasteiger partial charge in [-0.1, -0.05) is 6.07 Å². The van der Waals surface area contributed by atoms with Crippen LogP contribution in [0.3, 0.4) is 0 Å². The zero-order valence-corrected chi connectivity index (χ0v) is 10.7. The molecule has 0 radical (unpaired) electrons. The Morgan fingerprint density at radius 2 is 2.16 bits per heavy atom. The molecule has 0 saturated heterocycles. The quantitative estimate of drug-likeness (QED) is 0.673. The number of hydrogen-bond acceptors (Lipinski definition) is 6. The van der Waals surface area contributed by atoms with E-state index in [1.54, 1.807) is 12.1 Å². The summed E-state index contributed by atoms with van der Waals surface area (Å²) >= 11 is 1.09. The zero-order chi connectivity index (χ0) is 13.7. The molecule has 0 bridgehead atoms. The van der Waals surface area contributed by atoms with Crippen molar-refractivity contribution in [3.63, 3.8) is 0 Å². The summed E-state index contributed by atoms with van der Waals surface area (Å²) in [5, 5.41) is 13.9. The number of aliphatic carboxylic acids is 1. The van der Waals surface area contributed by atoms with Gasteiger partial charge in [0.1, 0.15) is 11.0 Å². The Morgan fingerprint density at radius 3 is 2.95 bits per heavy atom. The van der Waals surface area contributed by atoms with Gasteiger partial charge in [-0.15, -0.1) is 0 Å². The minimum Gasteiger partial charge on any atom is -0.481 e. The van der Waals surface area contributed by atoms with E-state index in [0.717, 1.165) is 17.2 Å². The summed E-state index contributed by atoms with van der Waals surface area (Å²) in [7, 11) is 0. The number of rotatable bonds is 6. The lowest BCUT2D eigenvalue weighted by Crippen LogP contribution is -2.29. The molecule has 1 aromatic heterocycles. The predicted molar refractivity (Wildman–Crippen MR) is 71.2 cm³/mol. The molecule has 0 unspecified atom stereocenters. The first-order valence-electron chi connectivity index (χ1n) is 5.60. The fourth-order valence-corrected chi connectivity index (χ4v) is 2.05. The van der Waals surface area contributed by atoms with Crippen LogP contribution >= 0.6 is 11.7 Å². The van der Waals surface area contributed by atoms with Gasteiger partial charge in [0.25, 0.3) is 0 Å². The molecule has 0 atom stereocenters. The predicted octanol–water partition coefficient (Wildman–Crippen LogP) is 0.694. The first-order valence-corrected chi connectivity index (χ1v) is 6.33. The van der Waals surface area contributed by atoms with Crippen LogP contribution in [0.4, 0.5) is 5.69 Å². The van der Waals surface area contributed by atoms with Crippen molar-refractivity contribution >= 4 is 40.3 Å². The van der Waals surface area contributed by atoms with Gasteiger partial charge in [-0.2, -0.15) is 8.75 Å². The van der Waals surface area contributed by atoms with Crippen LogP contribution in [-0.4, -0.2) is 38.8 Å². The minimum absolute atomic E-state index is 0.0150. The molecule has 0 aliphatic heterocycles. The Hall–Kier alpha value is -2.06. The number of fused-ring (bicyclic) bond motifs is 1. The van der Waals surface area contributed by atoms with Crippen molar-refractivity contribution in [2.24, 2.45) is 0 Å². The molecule has 0 fully saturated rings. The average molecular weight is 280 g/mol. The Kier molecular flexibility index (Phi) is 4.37. The Balaban J connectivity index is 1.88. The highest BCUT2D eigenvalue weighted by Crippen LogP contribution is 2.20. The van der Waals surface area contributed by atoms with E-state index in [1.807, 2.05) is 6.07 Å². The second kappa shape index (κ2) is 6.21. The van der Waals surface area contributed by atoms with E-state index in [2.05, 4.69) is 19.4 Å². The Bertz CT molecular complexity index is 598. The fourth-order valence-electron chi connectivity index (χ4n) is 1.50. The smallest absolute Gasteiger partial charge is 0.304 e.